The molecule has 14 heavy (non-hydrogen) atoms. The van der Waals surface area contributed by atoms with Gasteiger partial charge in [0.1, 0.15) is 0 Å². The van der Waals surface area contributed by atoms with Crippen LogP contribution in [0.25, 0.3) is 0 Å². The largest absolute Gasteiger partial charge is 0.335 e. The molecule has 1 aromatic rings. The number of nitrogens with zero attached hydrogens (tertiary/aromatic N) is 1. The number of hydrogen-bond acceptors (Lipinski definition) is 3. The zero-order valence-electron chi connectivity index (χ0n) is 8.45. The molecule has 1 atom stereocenters. The molecule has 2 rings (SSSR count). The van der Waals surface area contributed by atoms with Gasteiger partial charge >= 0.3 is 0 Å². The van der Waals surface area contributed by atoms with Gasteiger partial charge in [-0.15, -0.1) is 0 Å². The topological polar surface area (TPSA) is 24.4 Å². The fourth-order valence-electron chi connectivity index (χ4n) is 1.39. The maximum absolute atomic E-state index is 4.48. The second-order valence-electron chi connectivity index (χ2n) is 3.59. The molecule has 0 spiro atoms. The molecule has 0 amide bonds. The van der Waals surface area contributed by atoms with E-state index in [9.17, 15) is 0 Å². The van der Waals surface area contributed by atoms with Crippen LogP contribution in [0.3, 0.4) is 0 Å². The molecule has 0 saturated heterocycles. The van der Waals surface area contributed by atoms with Gasteiger partial charge in [0.15, 0.2) is 5.17 Å². The maximum atomic E-state index is 4.48. The predicted octanol–water partition coefficient (Wildman–Crippen LogP) is 2.90. The van der Waals surface area contributed by atoms with Crippen LogP contribution in [0.5, 0.6) is 0 Å². The van der Waals surface area contributed by atoms with Gasteiger partial charge in [-0.1, -0.05) is 23.9 Å². The van der Waals surface area contributed by atoms with Gasteiger partial charge in [-0.3, -0.25) is 4.99 Å². The van der Waals surface area contributed by atoms with E-state index in [0.717, 1.165) is 16.6 Å². The van der Waals surface area contributed by atoms with E-state index in [1.165, 1.54) is 5.56 Å². The van der Waals surface area contributed by atoms with Crippen molar-refractivity contribution in [1.29, 1.82) is 0 Å². The SMILES string of the molecule is Cc1cccc(NC2=N[C@@H](C)CS2)c1. The number of aryl methyl sites for hydroxylation is 1. The van der Waals surface area contributed by atoms with Crippen molar-refractivity contribution < 1.29 is 0 Å². The Kier molecular flexibility index (Phi) is 2.77. The molecule has 0 fully saturated rings. The number of aliphatic imine (C=N–C) groups is 1. The molecular formula is C11H14N2S. The predicted molar refractivity (Wildman–Crippen MR) is 64.2 cm³/mol. The van der Waals surface area contributed by atoms with Crippen LogP contribution in [0, 0.1) is 6.92 Å². The first-order valence-corrected chi connectivity index (χ1v) is 5.77. The van der Waals surface area contributed by atoms with Crippen molar-refractivity contribution in [3.05, 3.63) is 29.8 Å². The number of thioether (sulfide) groups is 1. The van der Waals surface area contributed by atoms with E-state index in [4.69, 9.17) is 0 Å². The van der Waals surface area contributed by atoms with E-state index < -0.39 is 0 Å². The summed E-state index contributed by atoms with van der Waals surface area (Å²) in [5, 5.41) is 4.37. The van der Waals surface area contributed by atoms with Gasteiger partial charge in [-0.05, 0) is 31.5 Å². The molecule has 2 nitrogen and oxygen atoms in total. The average Bonchev–Trinajstić information content (AvgIpc) is 2.51. The normalized spacial score (nSPS) is 20.7. The van der Waals surface area contributed by atoms with Crippen molar-refractivity contribution in [2.24, 2.45) is 4.99 Å². The highest BCUT2D eigenvalue weighted by molar-refractivity contribution is 8.14. The van der Waals surface area contributed by atoms with Crippen LogP contribution in [0.1, 0.15) is 12.5 Å². The van der Waals surface area contributed by atoms with E-state index in [2.05, 4.69) is 48.4 Å². The standard InChI is InChI=1S/C11H14N2S/c1-8-4-3-5-10(6-8)13-11-12-9(2)7-14-11/h3-6,9H,7H2,1-2H3,(H,12,13)/t9-/m0/s1. The van der Waals surface area contributed by atoms with E-state index in [1.54, 1.807) is 11.8 Å². The fourth-order valence-corrected chi connectivity index (χ4v) is 2.31. The van der Waals surface area contributed by atoms with Gasteiger partial charge in [-0.25, -0.2) is 0 Å². The van der Waals surface area contributed by atoms with Crippen molar-refractivity contribution in [3.63, 3.8) is 0 Å². The Morgan fingerprint density at radius 1 is 1.50 bits per heavy atom. The monoisotopic (exact) mass is 206 g/mol. The summed E-state index contributed by atoms with van der Waals surface area (Å²) in [5.74, 6) is 1.09. The fraction of sp³-hybridized carbons (Fsp3) is 0.364. The summed E-state index contributed by atoms with van der Waals surface area (Å²) in [7, 11) is 0. The van der Waals surface area contributed by atoms with Gasteiger partial charge < -0.3 is 5.32 Å². The minimum atomic E-state index is 0.451. The Balaban J connectivity index is 2.08. The molecule has 1 aliphatic rings. The summed E-state index contributed by atoms with van der Waals surface area (Å²) in [6, 6.07) is 8.80. The zero-order chi connectivity index (χ0) is 9.97. The Morgan fingerprint density at radius 2 is 2.36 bits per heavy atom. The van der Waals surface area contributed by atoms with E-state index in [0.29, 0.717) is 6.04 Å². The molecule has 1 aromatic carbocycles. The van der Waals surface area contributed by atoms with Crippen LogP contribution in [0.4, 0.5) is 5.69 Å². The molecule has 0 aliphatic carbocycles. The van der Waals surface area contributed by atoms with Crippen LogP contribution in [0.2, 0.25) is 0 Å². The first kappa shape index (κ1) is 9.59. The highest BCUT2D eigenvalue weighted by Gasteiger charge is 2.13. The molecular weight excluding hydrogens is 192 g/mol. The molecule has 1 N–H and O–H groups in total. The van der Waals surface area contributed by atoms with E-state index in [-0.39, 0.29) is 0 Å². The number of benzene rings is 1. The van der Waals surface area contributed by atoms with Crippen molar-refractivity contribution >= 4 is 22.6 Å². The summed E-state index contributed by atoms with van der Waals surface area (Å²) in [4.78, 5) is 4.48. The molecule has 1 heterocycles. The third-order valence-corrected chi connectivity index (χ3v) is 3.20. The Hall–Kier alpha value is -0.960. The van der Waals surface area contributed by atoms with Crippen LogP contribution in [-0.4, -0.2) is 17.0 Å². The maximum Gasteiger partial charge on any atom is 0.161 e. The molecule has 1 aliphatic heterocycles. The van der Waals surface area contributed by atoms with Crippen molar-refractivity contribution in [2.75, 3.05) is 11.1 Å². The van der Waals surface area contributed by atoms with Gasteiger partial charge in [0, 0.05) is 11.4 Å². The lowest BCUT2D eigenvalue weighted by molar-refractivity contribution is 0.865. The number of rotatable bonds is 1. The molecule has 0 bridgehead atoms. The van der Waals surface area contributed by atoms with Crippen molar-refractivity contribution in [1.82, 2.24) is 0 Å². The lowest BCUT2D eigenvalue weighted by Crippen LogP contribution is -2.04. The molecule has 0 saturated carbocycles. The van der Waals surface area contributed by atoms with Crippen LogP contribution >= 0.6 is 11.8 Å². The number of hydrogen-bond donors (Lipinski definition) is 1. The average molecular weight is 206 g/mol. The minimum Gasteiger partial charge on any atom is -0.335 e. The summed E-state index contributed by atoms with van der Waals surface area (Å²) in [5.41, 5.74) is 2.40. The summed E-state index contributed by atoms with van der Waals surface area (Å²) in [6.45, 7) is 4.23. The number of anilines is 1. The second-order valence-corrected chi connectivity index (χ2v) is 4.60. The van der Waals surface area contributed by atoms with Crippen LogP contribution < -0.4 is 5.32 Å². The van der Waals surface area contributed by atoms with Gasteiger partial charge in [0.2, 0.25) is 0 Å². The highest BCUT2D eigenvalue weighted by atomic mass is 32.2. The summed E-state index contributed by atoms with van der Waals surface area (Å²) < 4.78 is 0. The smallest absolute Gasteiger partial charge is 0.161 e. The van der Waals surface area contributed by atoms with Gasteiger partial charge in [0.05, 0.1) is 6.04 Å². The van der Waals surface area contributed by atoms with E-state index in [1.807, 2.05) is 0 Å². The number of nitrogens with one attached hydrogen (secondary N) is 1. The molecule has 0 radical (unpaired) electrons. The quantitative estimate of drug-likeness (QED) is 0.764. The summed E-state index contributed by atoms with van der Waals surface area (Å²) in [6.07, 6.45) is 0. The first-order chi connectivity index (χ1) is 6.74. The van der Waals surface area contributed by atoms with E-state index >= 15 is 0 Å². The molecule has 74 valence electrons. The van der Waals surface area contributed by atoms with Crippen LogP contribution in [-0.2, 0) is 0 Å². The third kappa shape index (κ3) is 2.29. The molecule has 0 aromatic heterocycles. The molecule has 0 unspecified atom stereocenters. The Bertz CT molecular complexity index is 360. The second kappa shape index (κ2) is 4.05. The lowest BCUT2D eigenvalue weighted by Gasteiger charge is -2.04. The lowest BCUT2D eigenvalue weighted by atomic mass is 10.2. The zero-order valence-corrected chi connectivity index (χ0v) is 9.27. The summed E-state index contributed by atoms with van der Waals surface area (Å²) >= 11 is 1.79. The Labute approximate surface area is 88.8 Å². The molecule has 3 heteroatoms. The Morgan fingerprint density at radius 3 is 3.00 bits per heavy atom. The minimum absolute atomic E-state index is 0.451. The van der Waals surface area contributed by atoms with Crippen molar-refractivity contribution in [2.45, 2.75) is 19.9 Å². The van der Waals surface area contributed by atoms with Gasteiger partial charge in [0.25, 0.3) is 0 Å². The first-order valence-electron chi connectivity index (χ1n) is 4.78. The van der Waals surface area contributed by atoms with Crippen LogP contribution in [0.15, 0.2) is 29.3 Å². The van der Waals surface area contributed by atoms with Crippen molar-refractivity contribution in [3.8, 4) is 0 Å². The third-order valence-electron chi connectivity index (χ3n) is 2.07. The van der Waals surface area contributed by atoms with Gasteiger partial charge in [-0.2, -0.15) is 0 Å². The highest BCUT2D eigenvalue weighted by Crippen LogP contribution is 2.20. The number of amidine groups is 1.